The molecule has 1 aliphatic carbocycles. The number of benzene rings is 2. The highest BCUT2D eigenvalue weighted by atomic mass is 16.1. The fourth-order valence-corrected chi connectivity index (χ4v) is 5.57. The lowest BCUT2D eigenvalue weighted by molar-refractivity contribution is 0.589. The number of hydrogen-bond donors (Lipinski definition) is 3. The van der Waals surface area contributed by atoms with Crippen molar-refractivity contribution in [2.45, 2.75) is 32.2 Å². The second-order valence-corrected chi connectivity index (χ2v) is 10.8. The van der Waals surface area contributed by atoms with E-state index in [0.29, 0.717) is 24.6 Å². The Labute approximate surface area is 227 Å². The molecule has 8 heteroatoms. The Balaban J connectivity index is 1.18. The number of piperazine rings is 1. The molecule has 0 amide bonds. The van der Waals surface area contributed by atoms with E-state index >= 15 is 0 Å². The number of pyridine rings is 1. The van der Waals surface area contributed by atoms with Crippen molar-refractivity contribution >= 4 is 39.3 Å². The Morgan fingerprint density at radius 2 is 1.79 bits per heavy atom. The van der Waals surface area contributed by atoms with Gasteiger partial charge in [-0.3, -0.25) is 9.36 Å². The zero-order valence-electron chi connectivity index (χ0n) is 22.0. The quantitative estimate of drug-likeness (QED) is 0.272. The molecule has 2 fully saturated rings. The molecule has 2 aliphatic rings. The van der Waals surface area contributed by atoms with E-state index in [2.05, 4.69) is 68.0 Å². The SMILES string of the molecule is O=c1c(Cc2cc3ccccc3[nH]2)cc2cnc(Nc3ccc(N4CCNCC4)cc3)nc2n1CCC1CC1. The van der Waals surface area contributed by atoms with Gasteiger partial charge in [0.05, 0.1) is 0 Å². The number of para-hydroxylation sites is 1. The van der Waals surface area contributed by atoms with Crippen LogP contribution in [0.25, 0.3) is 21.9 Å². The summed E-state index contributed by atoms with van der Waals surface area (Å²) in [6.07, 6.45) is 5.90. The molecule has 7 rings (SSSR count). The zero-order chi connectivity index (χ0) is 26.2. The average molecular weight is 520 g/mol. The van der Waals surface area contributed by atoms with Gasteiger partial charge in [-0.05, 0) is 60.2 Å². The van der Waals surface area contributed by atoms with Crippen LogP contribution in [0.15, 0.2) is 71.7 Å². The number of fused-ring (bicyclic) bond motifs is 2. The van der Waals surface area contributed by atoms with Gasteiger partial charge in [-0.25, -0.2) is 4.98 Å². The van der Waals surface area contributed by atoms with Crippen LogP contribution in [0.4, 0.5) is 17.3 Å². The highest BCUT2D eigenvalue weighted by molar-refractivity contribution is 5.80. The summed E-state index contributed by atoms with van der Waals surface area (Å²) >= 11 is 0. The van der Waals surface area contributed by atoms with E-state index < -0.39 is 0 Å². The summed E-state index contributed by atoms with van der Waals surface area (Å²) in [6, 6.07) is 20.7. The molecule has 5 aromatic rings. The number of nitrogens with zero attached hydrogens (tertiary/aromatic N) is 4. The van der Waals surface area contributed by atoms with Crippen LogP contribution >= 0.6 is 0 Å². The molecule has 198 valence electrons. The molecule has 3 N–H and O–H groups in total. The molecule has 1 aliphatic heterocycles. The van der Waals surface area contributed by atoms with E-state index in [1.165, 1.54) is 18.5 Å². The van der Waals surface area contributed by atoms with Gasteiger partial charge in [0.2, 0.25) is 5.95 Å². The van der Waals surface area contributed by atoms with Crippen LogP contribution in [-0.4, -0.2) is 45.7 Å². The molecule has 8 nitrogen and oxygen atoms in total. The topological polar surface area (TPSA) is 90.9 Å². The van der Waals surface area contributed by atoms with Crippen LogP contribution in [-0.2, 0) is 13.0 Å². The van der Waals surface area contributed by atoms with Crippen LogP contribution < -0.4 is 21.1 Å². The fraction of sp³-hybridized carbons (Fsp3) is 0.323. The van der Waals surface area contributed by atoms with Gasteiger partial charge in [0, 0.05) is 78.9 Å². The number of anilines is 3. The van der Waals surface area contributed by atoms with Crippen molar-refractivity contribution in [1.82, 2.24) is 24.8 Å². The second kappa shape index (κ2) is 10.2. The molecule has 4 heterocycles. The number of aromatic nitrogens is 4. The first-order valence-corrected chi connectivity index (χ1v) is 14.0. The molecule has 0 atom stereocenters. The Morgan fingerprint density at radius 3 is 2.59 bits per heavy atom. The molecule has 0 spiro atoms. The lowest BCUT2D eigenvalue weighted by Gasteiger charge is -2.29. The van der Waals surface area contributed by atoms with Gasteiger partial charge in [-0.2, -0.15) is 4.98 Å². The third-order valence-electron chi connectivity index (χ3n) is 7.93. The first-order chi connectivity index (χ1) is 19.2. The monoisotopic (exact) mass is 519 g/mol. The van der Waals surface area contributed by atoms with E-state index in [4.69, 9.17) is 4.98 Å². The molecule has 0 bridgehead atoms. The van der Waals surface area contributed by atoms with Crippen molar-refractivity contribution in [2.24, 2.45) is 5.92 Å². The average Bonchev–Trinajstić information content (AvgIpc) is 3.71. The van der Waals surface area contributed by atoms with Crippen molar-refractivity contribution in [1.29, 1.82) is 0 Å². The molecular formula is C31H33N7O. The minimum atomic E-state index is 0.0341. The van der Waals surface area contributed by atoms with Crippen molar-refractivity contribution in [2.75, 3.05) is 36.4 Å². The van der Waals surface area contributed by atoms with Crippen LogP contribution in [0.5, 0.6) is 0 Å². The highest BCUT2D eigenvalue weighted by Crippen LogP contribution is 2.33. The third kappa shape index (κ3) is 5.12. The summed E-state index contributed by atoms with van der Waals surface area (Å²) in [5.41, 5.74) is 5.75. The molecule has 1 saturated carbocycles. The van der Waals surface area contributed by atoms with Gasteiger partial charge in [0.25, 0.3) is 5.56 Å². The zero-order valence-corrected chi connectivity index (χ0v) is 22.0. The Morgan fingerprint density at radius 1 is 0.974 bits per heavy atom. The van der Waals surface area contributed by atoms with E-state index in [1.807, 2.05) is 29.0 Å². The van der Waals surface area contributed by atoms with Crippen molar-refractivity contribution in [3.63, 3.8) is 0 Å². The lowest BCUT2D eigenvalue weighted by atomic mass is 10.1. The first kappa shape index (κ1) is 23.9. The second-order valence-electron chi connectivity index (χ2n) is 10.8. The normalized spacial score (nSPS) is 15.7. The standard InChI is InChI=1S/C31H33N7O/c39-30-23(19-26-18-22-3-1-2-4-28(22)34-26)17-24-20-33-31(36-29(24)38(30)14-11-21-5-6-21)35-25-7-9-27(10-8-25)37-15-12-32-13-16-37/h1-4,7-10,17-18,20-21,32,34H,5-6,11-16,19H2,(H,33,35,36). The van der Waals surface area contributed by atoms with Gasteiger partial charge >= 0.3 is 0 Å². The Hall–Kier alpha value is -4.17. The highest BCUT2D eigenvalue weighted by Gasteiger charge is 2.22. The number of nitrogens with one attached hydrogen (secondary N) is 3. The predicted molar refractivity (Wildman–Crippen MR) is 157 cm³/mol. The minimum Gasteiger partial charge on any atom is -0.369 e. The molecule has 3 aromatic heterocycles. The largest absolute Gasteiger partial charge is 0.369 e. The van der Waals surface area contributed by atoms with Gasteiger partial charge in [0.15, 0.2) is 0 Å². The number of aromatic amines is 1. The number of hydrogen-bond acceptors (Lipinski definition) is 6. The summed E-state index contributed by atoms with van der Waals surface area (Å²) in [7, 11) is 0. The van der Waals surface area contributed by atoms with Crippen molar-refractivity contribution in [3.05, 3.63) is 88.5 Å². The number of H-pyrrole nitrogens is 1. The lowest BCUT2D eigenvalue weighted by Crippen LogP contribution is -2.43. The van der Waals surface area contributed by atoms with Crippen LogP contribution in [0.1, 0.15) is 30.5 Å². The van der Waals surface area contributed by atoms with Gasteiger partial charge in [0.1, 0.15) is 5.65 Å². The smallest absolute Gasteiger partial charge is 0.255 e. The molecule has 2 aromatic carbocycles. The summed E-state index contributed by atoms with van der Waals surface area (Å²) in [5.74, 6) is 1.22. The van der Waals surface area contributed by atoms with Crippen molar-refractivity contribution < 1.29 is 0 Å². The van der Waals surface area contributed by atoms with Crippen LogP contribution in [0.3, 0.4) is 0 Å². The molecular weight excluding hydrogens is 486 g/mol. The summed E-state index contributed by atoms with van der Waals surface area (Å²) in [4.78, 5) is 29.1. The predicted octanol–water partition coefficient (Wildman–Crippen LogP) is 4.82. The van der Waals surface area contributed by atoms with Gasteiger partial charge < -0.3 is 20.5 Å². The maximum Gasteiger partial charge on any atom is 0.255 e. The molecule has 0 unspecified atom stereocenters. The van der Waals surface area contributed by atoms with Crippen LogP contribution in [0, 0.1) is 5.92 Å². The number of aryl methyl sites for hydroxylation is 1. The Bertz CT molecular complexity index is 1640. The summed E-state index contributed by atoms with van der Waals surface area (Å²) in [5, 5.41) is 8.78. The molecule has 0 radical (unpaired) electrons. The maximum absolute atomic E-state index is 13.8. The van der Waals surface area contributed by atoms with E-state index in [-0.39, 0.29) is 5.56 Å². The first-order valence-electron chi connectivity index (χ1n) is 14.0. The molecule has 1 saturated heterocycles. The van der Waals surface area contributed by atoms with E-state index in [1.54, 1.807) is 0 Å². The van der Waals surface area contributed by atoms with Crippen LogP contribution in [0.2, 0.25) is 0 Å². The Kier molecular flexibility index (Phi) is 6.25. The minimum absolute atomic E-state index is 0.0341. The maximum atomic E-state index is 13.8. The molecule has 39 heavy (non-hydrogen) atoms. The van der Waals surface area contributed by atoms with E-state index in [0.717, 1.165) is 71.8 Å². The number of rotatable bonds is 8. The summed E-state index contributed by atoms with van der Waals surface area (Å²) < 4.78 is 1.87. The van der Waals surface area contributed by atoms with E-state index in [9.17, 15) is 4.79 Å². The fourth-order valence-electron chi connectivity index (χ4n) is 5.57. The van der Waals surface area contributed by atoms with Gasteiger partial charge in [-0.15, -0.1) is 0 Å². The van der Waals surface area contributed by atoms with Crippen molar-refractivity contribution in [3.8, 4) is 0 Å². The third-order valence-corrected chi connectivity index (χ3v) is 7.93. The summed E-state index contributed by atoms with van der Waals surface area (Å²) in [6.45, 7) is 4.73. The van der Waals surface area contributed by atoms with Gasteiger partial charge in [-0.1, -0.05) is 31.0 Å².